The maximum atomic E-state index is 8.97. The van der Waals surface area contributed by atoms with Gasteiger partial charge in [-0.2, -0.15) is 10.2 Å². The molecule has 0 bridgehead atoms. The van der Waals surface area contributed by atoms with Crippen LogP contribution in [0.15, 0.2) is 30.5 Å². The lowest BCUT2D eigenvalue weighted by Gasteiger charge is -2.06. The van der Waals surface area contributed by atoms with Crippen molar-refractivity contribution in [3.63, 3.8) is 0 Å². The molecule has 1 N–H and O–H groups in total. The van der Waals surface area contributed by atoms with Crippen LogP contribution in [0.25, 0.3) is 11.3 Å². The van der Waals surface area contributed by atoms with Crippen LogP contribution in [0.1, 0.15) is 16.7 Å². The molecule has 3 nitrogen and oxygen atoms in total. The second-order valence-corrected chi connectivity index (χ2v) is 3.86. The SMILES string of the molecule is Cc1cnnc(-c2ccc(CO)cc2)c1C. The predicted octanol–water partition coefficient (Wildman–Crippen LogP) is 2.25. The Kier molecular flexibility index (Phi) is 2.97. The Balaban J connectivity index is 2.46. The highest BCUT2D eigenvalue weighted by Gasteiger charge is 2.05. The fourth-order valence-corrected chi connectivity index (χ4v) is 1.57. The minimum atomic E-state index is 0.0682. The van der Waals surface area contributed by atoms with Crippen LogP contribution in [0.4, 0.5) is 0 Å². The maximum Gasteiger partial charge on any atom is 0.0961 e. The van der Waals surface area contributed by atoms with Crippen molar-refractivity contribution < 1.29 is 5.11 Å². The largest absolute Gasteiger partial charge is 0.392 e. The summed E-state index contributed by atoms with van der Waals surface area (Å²) in [5.41, 5.74) is 5.13. The molecule has 2 rings (SSSR count). The lowest BCUT2D eigenvalue weighted by molar-refractivity contribution is 0.282. The molecule has 0 saturated carbocycles. The second-order valence-electron chi connectivity index (χ2n) is 3.86. The van der Waals surface area contributed by atoms with Crippen molar-refractivity contribution in [1.82, 2.24) is 10.2 Å². The summed E-state index contributed by atoms with van der Waals surface area (Å²) in [4.78, 5) is 0. The molecule has 0 aliphatic carbocycles. The van der Waals surface area contributed by atoms with Crippen LogP contribution in [0, 0.1) is 13.8 Å². The summed E-state index contributed by atoms with van der Waals surface area (Å²) in [5.74, 6) is 0. The lowest BCUT2D eigenvalue weighted by atomic mass is 10.0. The fraction of sp³-hybridized carbons (Fsp3) is 0.231. The van der Waals surface area contributed by atoms with Gasteiger partial charge in [0.05, 0.1) is 18.5 Å². The molecule has 0 unspecified atom stereocenters. The summed E-state index contributed by atoms with van der Waals surface area (Å²) in [6, 6.07) is 7.72. The second kappa shape index (κ2) is 4.41. The van der Waals surface area contributed by atoms with Gasteiger partial charge in [0.1, 0.15) is 0 Å². The van der Waals surface area contributed by atoms with Gasteiger partial charge in [0, 0.05) is 5.56 Å². The van der Waals surface area contributed by atoms with Gasteiger partial charge in [-0.05, 0) is 30.5 Å². The third-order valence-electron chi connectivity index (χ3n) is 2.77. The third kappa shape index (κ3) is 1.95. The first-order chi connectivity index (χ1) is 7.72. The van der Waals surface area contributed by atoms with E-state index in [2.05, 4.69) is 10.2 Å². The molecule has 0 saturated heterocycles. The van der Waals surface area contributed by atoms with E-state index in [1.165, 1.54) is 0 Å². The van der Waals surface area contributed by atoms with Crippen LogP contribution in [-0.2, 0) is 6.61 Å². The maximum absolute atomic E-state index is 8.97. The summed E-state index contributed by atoms with van der Waals surface area (Å²) in [6.45, 7) is 4.13. The molecule has 16 heavy (non-hydrogen) atoms. The van der Waals surface area contributed by atoms with Crippen LogP contribution >= 0.6 is 0 Å². The number of hydrogen-bond donors (Lipinski definition) is 1. The van der Waals surface area contributed by atoms with E-state index in [0.717, 1.165) is 27.9 Å². The van der Waals surface area contributed by atoms with Gasteiger partial charge in [0.15, 0.2) is 0 Å². The predicted molar refractivity (Wildman–Crippen MR) is 62.9 cm³/mol. The normalized spacial score (nSPS) is 10.4. The van der Waals surface area contributed by atoms with Crippen LogP contribution in [0.5, 0.6) is 0 Å². The van der Waals surface area contributed by atoms with Gasteiger partial charge in [-0.3, -0.25) is 0 Å². The number of aromatic nitrogens is 2. The zero-order valence-corrected chi connectivity index (χ0v) is 9.44. The van der Waals surface area contributed by atoms with Crippen LogP contribution < -0.4 is 0 Å². The van der Waals surface area contributed by atoms with E-state index in [1.54, 1.807) is 6.20 Å². The molecule has 1 heterocycles. The van der Waals surface area contributed by atoms with Gasteiger partial charge in [0.25, 0.3) is 0 Å². The molecule has 0 aliphatic heterocycles. The van der Waals surface area contributed by atoms with Gasteiger partial charge in [0.2, 0.25) is 0 Å². The third-order valence-corrected chi connectivity index (χ3v) is 2.77. The van der Waals surface area contributed by atoms with Crippen LogP contribution in [-0.4, -0.2) is 15.3 Å². The van der Waals surface area contributed by atoms with Crippen molar-refractivity contribution >= 4 is 0 Å². The summed E-state index contributed by atoms with van der Waals surface area (Å²) in [6.07, 6.45) is 1.76. The number of benzene rings is 1. The number of hydrogen-bond acceptors (Lipinski definition) is 3. The number of aliphatic hydroxyl groups is 1. The Bertz CT molecular complexity index is 492. The number of aliphatic hydroxyl groups excluding tert-OH is 1. The molecule has 0 atom stereocenters. The van der Waals surface area contributed by atoms with E-state index in [4.69, 9.17) is 5.11 Å². The number of aryl methyl sites for hydroxylation is 1. The molecule has 0 radical (unpaired) electrons. The van der Waals surface area contributed by atoms with E-state index in [1.807, 2.05) is 38.1 Å². The van der Waals surface area contributed by atoms with Crippen molar-refractivity contribution in [2.24, 2.45) is 0 Å². The van der Waals surface area contributed by atoms with Crippen LogP contribution in [0.2, 0.25) is 0 Å². The molecular weight excluding hydrogens is 200 g/mol. The van der Waals surface area contributed by atoms with E-state index in [9.17, 15) is 0 Å². The molecule has 0 fully saturated rings. The molecular formula is C13H14N2O. The average Bonchev–Trinajstić information content (AvgIpc) is 2.33. The van der Waals surface area contributed by atoms with Crippen molar-refractivity contribution in [3.8, 4) is 11.3 Å². The van der Waals surface area contributed by atoms with Crippen molar-refractivity contribution in [2.45, 2.75) is 20.5 Å². The Hall–Kier alpha value is -1.74. The summed E-state index contributed by atoms with van der Waals surface area (Å²) >= 11 is 0. The minimum Gasteiger partial charge on any atom is -0.392 e. The van der Waals surface area contributed by atoms with E-state index >= 15 is 0 Å². The number of rotatable bonds is 2. The molecule has 0 amide bonds. The van der Waals surface area contributed by atoms with Crippen molar-refractivity contribution in [2.75, 3.05) is 0 Å². The Morgan fingerprint density at radius 2 is 1.81 bits per heavy atom. The Morgan fingerprint density at radius 3 is 2.44 bits per heavy atom. The van der Waals surface area contributed by atoms with E-state index in [0.29, 0.717) is 0 Å². The van der Waals surface area contributed by atoms with Crippen molar-refractivity contribution in [3.05, 3.63) is 47.2 Å². The number of nitrogens with zero attached hydrogens (tertiary/aromatic N) is 2. The zero-order chi connectivity index (χ0) is 11.5. The molecule has 2 aromatic rings. The molecule has 0 spiro atoms. The molecule has 1 aromatic carbocycles. The first-order valence-electron chi connectivity index (χ1n) is 5.21. The molecule has 0 aliphatic rings. The smallest absolute Gasteiger partial charge is 0.0961 e. The van der Waals surface area contributed by atoms with Crippen LogP contribution in [0.3, 0.4) is 0 Å². The first kappa shape index (κ1) is 10.8. The van der Waals surface area contributed by atoms with E-state index in [-0.39, 0.29) is 6.61 Å². The van der Waals surface area contributed by atoms with Gasteiger partial charge >= 0.3 is 0 Å². The van der Waals surface area contributed by atoms with Gasteiger partial charge in [-0.15, -0.1) is 0 Å². The molecule has 82 valence electrons. The summed E-state index contributed by atoms with van der Waals surface area (Å²) in [5, 5.41) is 17.1. The topological polar surface area (TPSA) is 46.0 Å². The quantitative estimate of drug-likeness (QED) is 0.834. The highest BCUT2D eigenvalue weighted by Crippen LogP contribution is 2.22. The first-order valence-corrected chi connectivity index (χ1v) is 5.21. The van der Waals surface area contributed by atoms with Gasteiger partial charge in [-0.25, -0.2) is 0 Å². The minimum absolute atomic E-state index is 0.0682. The Labute approximate surface area is 94.8 Å². The summed E-state index contributed by atoms with van der Waals surface area (Å²) in [7, 11) is 0. The average molecular weight is 214 g/mol. The molecule has 1 aromatic heterocycles. The standard InChI is InChI=1S/C13H14N2O/c1-9-7-14-15-13(10(9)2)12-5-3-11(8-16)4-6-12/h3-7,16H,8H2,1-2H3. The van der Waals surface area contributed by atoms with Crippen molar-refractivity contribution in [1.29, 1.82) is 0 Å². The highest BCUT2D eigenvalue weighted by molar-refractivity contribution is 5.63. The fourth-order valence-electron chi connectivity index (χ4n) is 1.57. The van der Waals surface area contributed by atoms with Gasteiger partial charge in [-0.1, -0.05) is 24.3 Å². The highest BCUT2D eigenvalue weighted by atomic mass is 16.3. The summed E-state index contributed by atoms with van der Waals surface area (Å²) < 4.78 is 0. The Morgan fingerprint density at radius 1 is 1.12 bits per heavy atom. The lowest BCUT2D eigenvalue weighted by Crippen LogP contribution is -1.94. The van der Waals surface area contributed by atoms with E-state index < -0.39 is 0 Å². The zero-order valence-electron chi connectivity index (χ0n) is 9.44. The monoisotopic (exact) mass is 214 g/mol. The molecule has 3 heteroatoms. The van der Waals surface area contributed by atoms with Gasteiger partial charge < -0.3 is 5.11 Å².